The lowest BCUT2D eigenvalue weighted by Crippen LogP contribution is -2.10. The van der Waals surface area contributed by atoms with Gasteiger partial charge in [-0.25, -0.2) is 0 Å². The van der Waals surface area contributed by atoms with E-state index < -0.39 is 0 Å². The molecule has 0 aliphatic heterocycles. The van der Waals surface area contributed by atoms with Gasteiger partial charge >= 0.3 is 0 Å². The zero-order chi connectivity index (χ0) is 16.9. The van der Waals surface area contributed by atoms with Gasteiger partial charge in [-0.1, -0.05) is 37.6 Å². The summed E-state index contributed by atoms with van der Waals surface area (Å²) in [6.45, 7) is 2.18. The molecule has 1 amide bonds. The number of hydrogen-bond acceptors (Lipinski definition) is 3. The molecule has 0 spiro atoms. The van der Waals surface area contributed by atoms with Gasteiger partial charge in [-0.3, -0.25) is 4.79 Å². The molecular formula is C20H21NO3. The number of amides is 1. The van der Waals surface area contributed by atoms with Crippen molar-refractivity contribution in [1.82, 2.24) is 0 Å². The van der Waals surface area contributed by atoms with Gasteiger partial charge in [0.05, 0.1) is 7.11 Å². The van der Waals surface area contributed by atoms with Gasteiger partial charge in [0.15, 0.2) is 17.1 Å². The third-order valence-corrected chi connectivity index (χ3v) is 3.98. The molecule has 0 atom stereocenters. The molecule has 3 rings (SSSR count). The minimum atomic E-state index is -0.269. The third kappa shape index (κ3) is 3.43. The van der Waals surface area contributed by atoms with Crippen molar-refractivity contribution in [3.05, 3.63) is 59.9 Å². The molecule has 0 aliphatic carbocycles. The number of methoxy groups -OCH3 is 1. The largest absolute Gasteiger partial charge is 0.493 e. The van der Waals surface area contributed by atoms with Crippen LogP contribution < -0.4 is 10.1 Å². The predicted molar refractivity (Wildman–Crippen MR) is 95.8 cm³/mol. The van der Waals surface area contributed by atoms with Gasteiger partial charge in [0.1, 0.15) is 0 Å². The first-order chi connectivity index (χ1) is 11.7. The molecule has 1 N–H and O–H groups in total. The van der Waals surface area contributed by atoms with E-state index in [-0.39, 0.29) is 11.7 Å². The van der Waals surface area contributed by atoms with Crippen LogP contribution in [0.2, 0.25) is 0 Å². The molecule has 3 aromatic rings. The van der Waals surface area contributed by atoms with Crippen molar-refractivity contribution in [2.24, 2.45) is 0 Å². The Bertz CT molecular complexity index is 834. The lowest BCUT2D eigenvalue weighted by molar-refractivity contribution is 0.0998. The van der Waals surface area contributed by atoms with E-state index in [0.29, 0.717) is 11.3 Å². The molecule has 2 aromatic carbocycles. The van der Waals surface area contributed by atoms with Crippen LogP contribution in [0.25, 0.3) is 11.0 Å². The lowest BCUT2D eigenvalue weighted by atomic mass is 10.1. The van der Waals surface area contributed by atoms with Crippen LogP contribution in [0.1, 0.15) is 35.9 Å². The number of unbranched alkanes of at least 4 members (excludes halogenated alkanes) is 1. The summed E-state index contributed by atoms with van der Waals surface area (Å²) >= 11 is 0. The highest BCUT2D eigenvalue weighted by atomic mass is 16.5. The number of para-hydroxylation sites is 1. The van der Waals surface area contributed by atoms with Crippen molar-refractivity contribution in [1.29, 1.82) is 0 Å². The molecule has 1 heterocycles. The molecule has 0 unspecified atom stereocenters. The molecule has 4 heteroatoms. The van der Waals surface area contributed by atoms with Gasteiger partial charge in [0.2, 0.25) is 0 Å². The van der Waals surface area contributed by atoms with Crippen molar-refractivity contribution < 1.29 is 13.9 Å². The third-order valence-electron chi connectivity index (χ3n) is 3.98. The zero-order valence-corrected chi connectivity index (χ0v) is 14.0. The number of anilines is 1. The van der Waals surface area contributed by atoms with Crippen molar-refractivity contribution in [3.63, 3.8) is 0 Å². The van der Waals surface area contributed by atoms with Crippen LogP contribution in [0.15, 0.2) is 52.9 Å². The smallest absolute Gasteiger partial charge is 0.291 e. The summed E-state index contributed by atoms with van der Waals surface area (Å²) in [4.78, 5) is 12.4. The van der Waals surface area contributed by atoms with E-state index in [1.807, 2.05) is 42.5 Å². The number of nitrogens with one attached hydrogen (secondary N) is 1. The van der Waals surface area contributed by atoms with E-state index in [4.69, 9.17) is 9.15 Å². The van der Waals surface area contributed by atoms with Crippen LogP contribution in [0, 0.1) is 0 Å². The molecule has 0 saturated carbocycles. The van der Waals surface area contributed by atoms with Crippen LogP contribution in [0.5, 0.6) is 5.75 Å². The van der Waals surface area contributed by atoms with Crippen LogP contribution >= 0.6 is 0 Å². The second kappa shape index (κ2) is 7.21. The Kier molecular flexibility index (Phi) is 4.85. The van der Waals surface area contributed by atoms with Gasteiger partial charge < -0.3 is 14.5 Å². The van der Waals surface area contributed by atoms with E-state index in [1.54, 1.807) is 13.2 Å². The number of carbonyl (C=O) groups is 1. The summed E-state index contributed by atoms with van der Waals surface area (Å²) in [7, 11) is 1.58. The van der Waals surface area contributed by atoms with Crippen molar-refractivity contribution in [2.75, 3.05) is 12.4 Å². The van der Waals surface area contributed by atoms with Crippen LogP contribution in [0.4, 0.5) is 5.69 Å². The first-order valence-corrected chi connectivity index (χ1v) is 8.18. The number of aryl methyl sites for hydroxylation is 1. The second-order valence-corrected chi connectivity index (χ2v) is 5.74. The Morgan fingerprint density at radius 2 is 1.96 bits per heavy atom. The Labute approximate surface area is 141 Å². The maximum Gasteiger partial charge on any atom is 0.291 e. The van der Waals surface area contributed by atoms with E-state index in [0.717, 1.165) is 17.5 Å². The van der Waals surface area contributed by atoms with Crippen molar-refractivity contribution >= 4 is 22.6 Å². The average Bonchev–Trinajstić information content (AvgIpc) is 3.05. The number of carbonyl (C=O) groups excluding carboxylic acids is 1. The quantitative estimate of drug-likeness (QED) is 0.691. The number of ether oxygens (including phenoxy) is 1. The number of furan rings is 1. The molecule has 0 bridgehead atoms. The molecule has 4 nitrogen and oxygen atoms in total. The van der Waals surface area contributed by atoms with E-state index >= 15 is 0 Å². The SMILES string of the molecule is CCCCc1ccc(NC(=O)c2cc3cccc(OC)c3o2)cc1. The normalized spacial score (nSPS) is 10.8. The Balaban J connectivity index is 1.75. The van der Waals surface area contributed by atoms with Gasteiger partial charge in [-0.2, -0.15) is 0 Å². The number of hydrogen-bond donors (Lipinski definition) is 1. The van der Waals surface area contributed by atoms with E-state index in [2.05, 4.69) is 12.2 Å². The summed E-state index contributed by atoms with van der Waals surface area (Å²) in [5, 5.41) is 3.71. The topological polar surface area (TPSA) is 51.5 Å². The van der Waals surface area contributed by atoms with Gasteiger partial charge in [-0.05, 0) is 42.7 Å². The fourth-order valence-corrected chi connectivity index (χ4v) is 2.64. The summed E-state index contributed by atoms with van der Waals surface area (Å²) in [5.41, 5.74) is 2.62. The maximum absolute atomic E-state index is 12.4. The maximum atomic E-state index is 12.4. The highest BCUT2D eigenvalue weighted by Crippen LogP contribution is 2.28. The molecule has 0 radical (unpaired) electrons. The predicted octanol–water partition coefficient (Wildman–Crippen LogP) is 5.04. The molecule has 1 aromatic heterocycles. The standard InChI is InChI=1S/C20H21NO3/c1-3-4-6-14-9-11-16(12-10-14)21-20(22)18-13-15-7-5-8-17(23-2)19(15)24-18/h5,7-13H,3-4,6H2,1-2H3,(H,21,22). The molecule has 0 saturated heterocycles. The van der Waals surface area contributed by atoms with Crippen molar-refractivity contribution in [3.8, 4) is 5.75 Å². The van der Waals surface area contributed by atoms with Gasteiger partial charge in [0.25, 0.3) is 5.91 Å². The fourth-order valence-electron chi connectivity index (χ4n) is 2.64. The second-order valence-electron chi connectivity index (χ2n) is 5.74. The Hall–Kier alpha value is -2.75. The van der Waals surface area contributed by atoms with Crippen LogP contribution in [-0.2, 0) is 6.42 Å². The molecule has 124 valence electrons. The van der Waals surface area contributed by atoms with Crippen LogP contribution in [-0.4, -0.2) is 13.0 Å². The average molecular weight is 323 g/mol. The first kappa shape index (κ1) is 16.1. The zero-order valence-electron chi connectivity index (χ0n) is 14.0. The molecule has 0 aliphatic rings. The molecule has 24 heavy (non-hydrogen) atoms. The minimum absolute atomic E-state index is 0.268. The highest BCUT2D eigenvalue weighted by molar-refractivity contribution is 6.05. The minimum Gasteiger partial charge on any atom is -0.493 e. The van der Waals surface area contributed by atoms with Gasteiger partial charge in [-0.15, -0.1) is 0 Å². The monoisotopic (exact) mass is 323 g/mol. The number of fused-ring (bicyclic) bond motifs is 1. The number of benzene rings is 2. The molecular weight excluding hydrogens is 302 g/mol. The lowest BCUT2D eigenvalue weighted by Gasteiger charge is -2.05. The van der Waals surface area contributed by atoms with Gasteiger partial charge in [0, 0.05) is 11.1 Å². The van der Waals surface area contributed by atoms with Crippen LogP contribution in [0.3, 0.4) is 0 Å². The summed E-state index contributed by atoms with van der Waals surface area (Å²) in [6.07, 6.45) is 3.41. The fraction of sp³-hybridized carbons (Fsp3) is 0.250. The van der Waals surface area contributed by atoms with Crippen molar-refractivity contribution in [2.45, 2.75) is 26.2 Å². The first-order valence-electron chi connectivity index (χ1n) is 8.18. The highest BCUT2D eigenvalue weighted by Gasteiger charge is 2.14. The summed E-state index contributed by atoms with van der Waals surface area (Å²) in [6, 6.07) is 15.2. The van der Waals surface area contributed by atoms with E-state index in [1.165, 1.54) is 18.4 Å². The van der Waals surface area contributed by atoms with E-state index in [9.17, 15) is 4.79 Å². The summed E-state index contributed by atoms with van der Waals surface area (Å²) < 4.78 is 10.9. The summed E-state index contributed by atoms with van der Waals surface area (Å²) in [5.74, 6) is 0.617. The number of rotatable bonds is 6. The Morgan fingerprint density at radius 1 is 1.17 bits per heavy atom. The molecule has 0 fully saturated rings. The Morgan fingerprint density at radius 3 is 2.67 bits per heavy atom.